The summed E-state index contributed by atoms with van der Waals surface area (Å²) in [6, 6.07) is 10.1. The van der Waals surface area contributed by atoms with Crippen LogP contribution in [0, 0.1) is 5.82 Å². The maximum Gasteiger partial charge on any atom is 0.547 e. The molecule has 0 fully saturated rings. The monoisotopic (exact) mass is 582 g/mol. The summed E-state index contributed by atoms with van der Waals surface area (Å²) in [6.45, 7) is 0. The zero-order valence-electron chi connectivity index (χ0n) is 20.8. The third kappa shape index (κ3) is 5.56. The van der Waals surface area contributed by atoms with Gasteiger partial charge in [-0.3, -0.25) is 14.2 Å². The van der Waals surface area contributed by atoms with Gasteiger partial charge >= 0.3 is 20.7 Å². The summed E-state index contributed by atoms with van der Waals surface area (Å²) < 4.78 is 33.2. The average Bonchev–Trinajstić information content (AvgIpc) is 3.35. The second-order valence-electron chi connectivity index (χ2n) is 9.17. The van der Waals surface area contributed by atoms with Gasteiger partial charge < -0.3 is 35.2 Å². The minimum Gasteiger partial charge on any atom is -0.534 e. The molecule has 16 heteroatoms. The predicted octanol–water partition coefficient (Wildman–Crippen LogP) is 0.585. The number of hydrogen-bond donors (Lipinski definition) is 6. The number of hydrogen-bond acceptors (Lipinski definition) is 7. The molecule has 2 aromatic heterocycles. The molecule has 3 heterocycles. The Kier molecular flexibility index (Phi) is 7.36. The number of aromatic carboxylic acids is 1. The Morgan fingerprint density at radius 1 is 1.12 bits per heavy atom. The van der Waals surface area contributed by atoms with Crippen LogP contribution in [0.4, 0.5) is 4.39 Å². The lowest BCUT2D eigenvalue weighted by atomic mass is 9.72. The van der Waals surface area contributed by atoms with E-state index in [1.807, 2.05) is 0 Å². The zero-order valence-corrected chi connectivity index (χ0v) is 21.7. The van der Waals surface area contributed by atoms with Crippen LogP contribution in [0.1, 0.15) is 37.9 Å². The summed E-state index contributed by atoms with van der Waals surface area (Å²) in [7, 11) is -6.64. The Labute approximate surface area is 230 Å². The van der Waals surface area contributed by atoms with Crippen LogP contribution in [0.25, 0.3) is 5.52 Å². The molecular formula is C25H21BFN4O9P. The third-order valence-corrected chi connectivity index (χ3v) is 7.51. The number of halogens is 1. The van der Waals surface area contributed by atoms with Crippen molar-refractivity contribution < 1.29 is 47.9 Å². The fraction of sp³-hybridized carbons (Fsp3) is 0.120. The van der Waals surface area contributed by atoms with Crippen LogP contribution in [-0.4, -0.2) is 60.4 Å². The smallest absolute Gasteiger partial charge is 0.534 e. The van der Waals surface area contributed by atoms with Gasteiger partial charge in [-0.25, -0.2) is 13.7 Å². The lowest BCUT2D eigenvalue weighted by molar-refractivity contribution is -0.123. The molecule has 0 unspecified atom stereocenters. The van der Waals surface area contributed by atoms with Gasteiger partial charge in [0.05, 0.1) is 27.9 Å². The molecule has 0 saturated carbocycles. The van der Waals surface area contributed by atoms with E-state index in [9.17, 15) is 43.3 Å². The quantitative estimate of drug-likeness (QED) is 0.132. The number of carboxylic acids is 1. The first-order chi connectivity index (χ1) is 19.4. The van der Waals surface area contributed by atoms with E-state index in [1.54, 1.807) is 18.2 Å². The van der Waals surface area contributed by atoms with Crippen LogP contribution in [0.3, 0.4) is 0 Å². The molecule has 5 rings (SSSR count). The van der Waals surface area contributed by atoms with Gasteiger partial charge in [-0.1, -0.05) is 18.2 Å². The van der Waals surface area contributed by atoms with Gasteiger partial charge in [0.1, 0.15) is 17.6 Å². The topological polar surface area (TPSA) is 200 Å². The molecule has 2 amide bonds. The summed E-state index contributed by atoms with van der Waals surface area (Å²) in [5.74, 6) is -5.36. The first-order valence-electron chi connectivity index (χ1n) is 12.0. The largest absolute Gasteiger partial charge is 0.547 e. The number of nitrogens with one attached hydrogen (secondary N) is 2. The molecule has 0 aliphatic carbocycles. The molecule has 4 aromatic rings. The Morgan fingerprint density at radius 3 is 2.61 bits per heavy atom. The molecule has 0 bridgehead atoms. The van der Waals surface area contributed by atoms with Gasteiger partial charge in [0, 0.05) is 12.4 Å². The number of aromatic nitrogens is 2. The van der Waals surface area contributed by atoms with E-state index < -0.39 is 55.6 Å². The van der Waals surface area contributed by atoms with Gasteiger partial charge in [-0.15, -0.1) is 0 Å². The summed E-state index contributed by atoms with van der Waals surface area (Å²) in [5, 5.41) is 28.2. The molecule has 1 aliphatic rings. The van der Waals surface area contributed by atoms with Crippen molar-refractivity contribution in [3.8, 4) is 5.75 Å². The lowest BCUT2D eigenvalue weighted by Crippen LogP contribution is -2.55. The molecular weight excluding hydrogens is 561 g/mol. The van der Waals surface area contributed by atoms with Crippen molar-refractivity contribution in [2.45, 2.75) is 18.4 Å². The second kappa shape index (κ2) is 10.8. The summed E-state index contributed by atoms with van der Waals surface area (Å²) in [6.07, 6.45) is 2.99. The Morgan fingerprint density at radius 2 is 1.90 bits per heavy atom. The molecule has 13 nitrogen and oxygen atoms in total. The van der Waals surface area contributed by atoms with Crippen LogP contribution in [0.5, 0.6) is 5.75 Å². The molecule has 1 aliphatic heterocycles. The van der Waals surface area contributed by atoms with Crippen molar-refractivity contribution in [2.24, 2.45) is 0 Å². The Hall–Kier alpha value is -4.56. The van der Waals surface area contributed by atoms with Crippen molar-refractivity contribution >= 4 is 43.3 Å². The van der Waals surface area contributed by atoms with E-state index in [4.69, 9.17) is 4.65 Å². The minimum absolute atomic E-state index is 0.0364. The third-order valence-electron chi connectivity index (χ3n) is 6.51. The Balaban J connectivity index is 1.46. The van der Waals surface area contributed by atoms with Crippen molar-refractivity contribution in [3.63, 3.8) is 0 Å². The fourth-order valence-electron chi connectivity index (χ4n) is 4.57. The number of rotatable bonds is 7. The number of carboxylic acid groups (broad SMARTS) is 1. The SMILES string of the molecule is O=C(O)c1cccc2c1OB(O)[C@@H](NC(=O)[C@H](NC(=O)c1ccn3ncccc13)c1ccc(P(=O)(O)O)c(F)c1)C2. The molecule has 210 valence electrons. The fourth-order valence-corrected chi connectivity index (χ4v) is 5.18. The zero-order chi connectivity index (χ0) is 29.5. The minimum atomic E-state index is -4.97. The highest BCUT2D eigenvalue weighted by Gasteiger charge is 2.39. The summed E-state index contributed by atoms with van der Waals surface area (Å²) in [4.78, 5) is 57.1. The van der Waals surface area contributed by atoms with E-state index in [0.717, 1.165) is 18.2 Å². The first-order valence-corrected chi connectivity index (χ1v) is 13.6. The van der Waals surface area contributed by atoms with E-state index in [1.165, 1.54) is 35.1 Å². The molecule has 0 saturated heterocycles. The lowest BCUT2D eigenvalue weighted by Gasteiger charge is -2.30. The number of benzene rings is 2. The molecule has 0 radical (unpaired) electrons. The van der Waals surface area contributed by atoms with Crippen LogP contribution in [-0.2, 0) is 15.8 Å². The number of para-hydroxylation sites is 1. The number of fused-ring (bicyclic) bond motifs is 2. The maximum atomic E-state index is 14.7. The highest BCUT2D eigenvalue weighted by molar-refractivity contribution is 7.60. The van der Waals surface area contributed by atoms with Crippen molar-refractivity contribution in [2.75, 3.05) is 0 Å². The van der Waals surface area contributed by atoms with Gasteiger partial charge in [-0.2, -0.15) is 5.10 Å². The summed E-state index contributed by atoms with van der Waals surface area (Å²) >= 11 is 0. The molecule has 41 heavy (non-hydrogen) atoms. The molecule has 2 atom stereocenters. The highest BCUT2D eigenvalue weighted by atomic mass is 31.2. The van der Waals surface area contributed by atoms with Gasteiger partial charge in [0.2, 0.25) is 5.91 Å². The van der Waals surface area contributed by atoms with Crippen LogP contribution < -0.4 is 20.6 Å². The van der Waals surface area contributed by atoms with E-state index in [0.29, 0.717) is 11.1 Å². The van der Waals surface area contributed by atoms with Crippen LogP contribution >= 0.6 is 7.60 Å². The van der Waals surface area contributed by atoms with Gasteiger partial charge in [0.25, 0.3) is 5.91 Å². The van der Waals surface area contributed by atoms with Crippen molar-refractivity contribution in [3.05, 3.63) is 95.1 Å². The van der Waals surface area contributed by atoms with Gasteiger partial charge in [0.15, 0.2) is 0 Å². The molecule has 6 N–H and O–H groups in total. The van der Waals surface area contributed by atoms with E-state index in [2.05, 4.69) is 15.7 Å². The first kappa shape index (κ1) is 28.0. The van der Waals surface area contributed by atoms with Crippen LogP contribution in [0.2, 0.25) is 0 Å². The van der Waals surface area contributed by atoms with Crippen molar-refractivity contribution in [1.29, 1.82) is 0 Å². The maximum absolute atomic E-state index is 14.7. The Bertz CT molecular complexity index is 1740. The standard InChI is InChI=1S/C25H21BFN4O9P/c27-17-11-13(6-7-19(17)41(37,38)39)21(30-23(32)15-8-10-31-18(15)5-2-9-28-31)24(33)29-20-12-14-3-1-4-16(25(34)35)22(14)40-26(20)36/h1-11,20-21,36H,12H2,(H,29,33)(H,30,32)(H,34,35)(H2,37,38,39)/t20-,21+/m0/s1. The predicted molar refractivity (Wildman–Crippen MR) is 141 cm³/mol. The van der Waals surface area contributed by atoms with E-state index >= 15 is 0 Å². The number of carbonyl (C=O) groups is 3. The molecule has 2 aromatic carbocycles. The summed E-state index contributed by atoms with van der Waals surface area (Å²) in [5.41, 5.74) is 0.623. The van der Waals surface area contributed by atoms with Crippen LogP contribution in [0.15, 0.2) is 67.0 Å². The number of carbonyl (C=O) groups excluding carboxylic acids is 2. The highest BCUT2D eigenvalue weighted by Crippen LogP contribution is 2.35. The van der Waals surface area contributed by atoms with Crippen molar-refractivity contribution in [1.82, 2.24) is 20.2 Å². The average molecular weight is 582 g/mol. The second-order valence-corrected chi connectivity index (χ2v) is 10.7. The van der Waals surface area contributed by atoms with E-state index in [-0.39, 0.29) is 28.9 Å². The number of nitrogens with zero attached hydrogens (tertiary/aromatic N) is 2. The number of amides is 2. The normalized spacial score (nSPS) is 15.5. The molecule has 0 spiro atoms. The van der Waals surface area contributed by atoms with Gasteiger partial charge in [-0.05, 0) is 53.9 Å².